The van der Waals surface area contributed by atoms with Crippen LogP contribution < -0.4 is 5.32 Å². The molecule has 4 nitrogen and oxygen atoms in total. The summed E-state index contributed by atoms with van der Waals surface area (Å²) >= 11 is 6.01. The van der Waals surface area contributed by atoms with Gasteiger partial charge in [-0.15, -0.1) is 0 Å². The minimum Gasteiger partial charge on any atom is -0.356 e. The first-order chi connectivity index (χ1) is 13.2. The van der Waals surface area contributed by atoms with Crippen LogP contribution in [0, 0.1) is 0 Å². The molecule has 0 fully saturated rings. The lowest BCUT2D eigenvalue weighted by molar-refractivity contribution is -0.121. The van der Waals surface area contributed by atoms with E-state index in [2.05, 4.69) is 10.5 Å². The summed E-state index contributed by atoms with van der Waals surface area (Å²) < 4.78 is 5.29. The lowest BCUT2D eigenvalue weighted by Crippen LogP contribution is -2.30. The number of halogens is 1. The number of nitrogens with one attached hydrogen (secondary N) is 1. The molecule has 3 aromatic carbocycles. The van der Waals surface area contributed by atoms with Crippen molar-refractivity contribution in [1.29, 1.82) is 0 Å². The van der Waals surface area contributed by atoms with Gasteiger partial charge >= 0.3 is 0 Å². The topological polar surface area (TPSA) is 55.1 Å². The van der Waals surface area contributed by atoms with E-state index in [1.807, 2.05) is 78.9 Å². The van der Waals surface area contributed by atoms with Gasteiger partial charge in [0.2, 0.25) is 5.91 Å². The number of fused-ring (bicyclic) bond motifs is 1. The quantitative estimate of drug-likeness (QED) is 0.537. The van der Waals surface area contributed by atoms with Crippen LogP contribution in [0.4, 0.5) is 0 Å². The zero-order chi connectivity index (χ0) is 18.6. The lowest BCUT2D eigenvalue weighted by atomic mass is 9.98. The molecular formula is C22H17ClN2O2. The smallest absolute Gasteiger partial charge is 0.226 e. The van der Waals surface area contributed by atoms with Gasteiger partial charge in [0, 0.05) is 10.4 Å². The van der Waals surface area contributed by atoms with E-state index in [0.717, 1.165) is 16.5 Å². The summed E-state index contributed by atoms with van der Waals surface area (Å²) in [6, 6.07) is 24.6. The van der Waals surface area contributed by atoms with Gasteiger partial charge in [-0.05, 0) is 35.4 Å². The maximum atomic E-state index is 12.8. The summed E-state index contributed by atoms with van der Waals surface area (Å²) in [5.41, 5.74) is 3.27. The highest BCUT2D eigenvalue weighted by Gasteiger charge is 2.19. The molecule has 4 rings (SSSR count). The molecule has 0 aliphatic carbocycles. The Hall–Kier alpha value is -3.11. The normalized spacial score (nSPS) is 12.0. The number of nitrogens with zero attached hydrogens (tertiary/aromatic N) is 1. The van der Waals surface area contributed by atoms with Crippen molar-refractivity contribution in [2.45, 2.75) is 12.5 Å². The van der Waals surface area contributed by atoms with Crippen LogP contribution >= 0.6 is 11.6 Å². The molecule has 134 valence electrons. The Bertz CT molecular complexity index is 1060. The lowest BCUT2D eigenvalue weighted by Gasteiger charge is -2.20. The fourth-order valence-corrected chi connectivity index (χ4v) is 3.22. The Morgan fingerprint density at radius 1 is 0.926 bits per heavy atom. The summed E-state index contributed by atoms with van der Waals surface area (Å²) in [7, 11) is 0. The number of amides is 1. The van der Waals surface area contributed by atoms with Crippen molar-refractivity contribution < 1.29 is 9.32 Å². The molecule has 1 atom stereocenters. The van der Waals surface area contributed by atoms with Crippen molar-refractivity contribution >= 4 is 28.5 Å². The number of hydrogen-bond acceptors (Lipinski definition) is 3. The first kappa shape index (κ1) is 17.3. The number of rotatable bonds is 5. The Morgan fingerprint density at radius 3 is 2.37 bits per heavy atom. The molecule has 0 aliphatic rings. The Balaban J connectivity index is 1.59. The molecule has 0 spiro atoms. The molecule has 0 radical (unpaired) electrons. The maximum Gasteiger partial charge on any atom is 0.226 e. The van der Waals surface area contributed by atoms with Gasteiger partial charge in [0.05, 0.1) is 12.5 Å². The summed E-state index contributed by atoms with van der Waals surface area (Å²) in [6.07, 6.45) is 0.147. The molecule has 1 aromatic heterocycles. The van der Waals surface area contributed by atoms with Crippen molar-refractivity contribution in [3.05, 3.63) is 101 Å². The second-order valence-corrected chi connectivity index (χ2v) is 6.70. The standard InChI is InChI=1S/C22H17ClN2O2/c23-17-12-10-16(11-13-17)22(15-6-2-1-3-7-15)24-21(26)14-19-18-8-4-5-9-20(18)27-25-19/h1-13,22H,14H2,(H,24,26). The third-order valence-electron chi connectivity index (χ3n) is 4.42. The van der Waals surface area contributed by atoms with Crippen LogP contribution in [0.15, 0.2) is 83.4 Å². The first-order valence-corrected chi connectivity index (χ1v) is 9.01. The predicted octanol–water partition coefficient (Wildman–Crippen LogP) is 4.93. The van der Waals surface area contributed by atoms with Gasteiger partial charge < -0.3 is 9.84 Å². The summed E-state index contributed by atoms with van der Waals surface area (Å²) in [4.78, 5) is 12.8. The van der Waals surface area contributed by atoms with Crippen LogP contribution in [0.2, 0.25) is 5.02 Å². The minimum absolute atomic E-state index is 0.127. The first-order valence-electron chi connectivity index (χ1n) is 8.64. The average Bonchev–Trinajstić information content (AvgIpc) is 3.10. The number of hydrogen-bond donors (Lipinski definition) is 1. The largest absolute Gasteiger partial charge is 0.356 e. The second-order valence-electron chi connectivity index (χ2n) is 6.26. The molecule has 5 heteroatoms. The fourth-order valence-electron chi connectivity index (χ4n) is 3.09. The predicted molar refractivity (Wildman–Crippen MR) is 106 cm³/mol. The average molecular weight is 377 g/mol. The van der Waals surface area contributed by atoms with Gasteiger partial charge in [-0.25, -0.2) is 0 Å². The highest BCUT2D eigenvalue weighted by molar-refractivity contribution is 6.30. The number of carbonyl (C=O) groups excluding carboxylic acids is 1. The van der Waals surface area contributed by atoms with Crippen LogP contribution in [-0.2, 0) is 11.2 Å². The van der Waals surface area contributed by atoms with Crippen LogP contribution in [0.1, 0.15) is 22.9 Å². The molecule has 0 saturated carbocycles. The van der Waals surface area contributed by atoms with Gasteiger partial charge in [-0.1, -0.05) is 71.4 Å². The second kappa shape index (κ2) is 7.64. The van der Waals surface area contributed by atoms with Gasteiger partial charge in [0.25, 0.3) is 0 Å². The van der Waals surface area contributed by atoms with Crippen molar-refractivity contribution in [1.82, 2.24) is 10.5 Å². The minimum atomic E-state index is -0.269. The van der Waals surface area contributed by atoms with E-state index in [0.29, 0.717) is 16.3 Å². The fraction of sp³-hybridized carbons (Fsp3) is 0.0909. The number of aromatic nitrogens is 1. The number of benzene rings is 3. The van der Waals surface area contributed by atoms with E-state index in [9.17, 15) is 4.79 Å². The maximum absolute atomic E-state index is 12.8. The molecule has 1 heterocycles. The summed E-state index contributed by atoms with van der Waals surface area (Å²) in [5, 5.41) is 8.67. The Morgan fingerprint density at radius 2 is 1.59 bits per heavy atom. The molecule has 1 unspecified atom stereocenters. The molecule has 0 saturated heterocycles. The Labute approximate surface area is 161 Å². The molecular weight excluding hydrogens is 360 g/mol. The SMILES string of the molecule is O=C(Cc1noc2ccccc12)NC(c1ccccc1)c1ccc(Cl)cc1. The van der Waals surface area contributed by atoms with Gasteiger partial charge in [0.1, 0.15) is 5.69 Å². The summed E-state index contributed by atoms with van der Waals surface area (Å²) in [6.45, 7) is 0. The van der Waals surface area contributed by atoms with Crippen LogP contribution in [0.3, 0.4) is 0 Å². The van der Waals surface area contributed by atoms with Crippen molar-refractivity contribution in [2.75, 3.05) is 0 Å². The molecule has 1 N–H and O–H groups in total. The molecule has 4 aromatic rings. The monoisotopic (exact) mass is 376 g/mol. The van der Waals surface area contributed by atoms with Crippen molar-refractivity contribution in [3.63, 3.8) is 0 Å². The third kappa shape index (κ3) is 3.86. The Kier molecular flexibility index (Phi) is 4.90. The number of para-hydroxylation sites is 1. The molecule has 0 aliphatic heterocycles. The molecule has 1 amide bonds. The summed E-state index contributed by atoms with van der Waals surface area (Å²) in [5.74, 6) is -0.127. The van der Waals surface area contributed by atoms with Gasteiger partial charge in [-0.3, -0.25) is 4.79 Å². The van der Waals surface area contributed by atoms with Gasteiger partial charge in [-0.2, -0.15) is 0 Å². The number of carbonyl (C=O) groups is 1. The van der Waals surface area contributed by atoms with Crippen molar-refractivity contribution in [3.8, 4) is 0 Å². The third-order valence-corrected chi connectivity index (χ3v) is 4.67. The van der Waals surface area contributed by atoms with E-state index >= 15 is 0 Å². The highest BCUT2D eigenvalue weighted by Crippen LogP contribution is 2.24. The van der Waals surface area contributed by atoms with E-state index in [1.54, 1.807) is 0 Å². The van der Waals surface area contributed by atoms with Crippen LogP contribution in [0.25, 0.3) is 11.0 Å². The van der Waals surface area contributed by atoms with Gasteiger partial charge in [0.15, 0.2) is 5.58 Å². The van der Waals surface area contributed by atoms with Crippen LogP contribution in [-0.4, -0.2) is 11.1 Å². The zero-order valence-corrected chi connectivity index (χ0v) is 15.2. The van der Waals surface area contributed by atoms with Crippen LogP contribution in [0.5, 0.6) is 0 Å². The van der Waals surface area contributed by atoms with E-state index in [-0.39, 0.29) is 18.4 Å². The van der Waals surface area contributed by atoms with E-state index in [4.69, 9.17) is 16.1 Å². The zero-order valence-electron chi connectivity index (χ0n) is 14.4. The van der Waals surface area contributed by atoms with Crippen molar-refractivity contribution in [2.24, 2.45) is 0 Å². The highest BCUT2D eigenvalue weighted by atomic mass is 35.5. The van der Waals surface area contributed by atoms with E-state index in [1.165, 1.54) is 0 Å². The molecule has 0 bridgehead atoms. The van der Waals surface area contributed by atoms with E-state index < -0.39 is 0 Å². The molecule has 27 heavy (non-hydrogen) atoms.